The maximum Gasteiger partial charge on any atom is 0.204 e. The minimum atomic E-state index is 0.638. The lowest BCUT2D eigenvalue weighted by Crippen LogP contribution is -2.10. The van der Waals surface area contributed by atoms with E-state index in [1.54, 1.807) is 0 Å². The molecule has 1 aliphatic rings. The van der Waals surface area contributed by atoms with Crippen LogP contribution in [0.4, 0.5) is 5.69 Å². The Balaban J connectivity index is 1.67. The van der Waals surface area contributed by atoms with E-state index in [0.717, 1.165) is 23.7 Å². The monoisotopic (exact) mass is 243 g/mol. The van der Waals surface area contributed by atoms with Gasteiger partial charge in [0.25, 0.3) is 0 Å². The van der Waals surface area contributed by atoms with Crippen molar-refractivity contribution in [1.82, 2.24) is 20.6 Å². The minimum Gasteiger partial charge on any atom is -0.385 e. The molecule has 1 aliphatic carbocycles. The molecular weight excluding hydrogens is 226 g/mol. The quantitative estimate of drug-likeness (QED) is 0.865. The summed E-state index contributed by atoms with van der Waals surface area (Å²) in [7, 11) is 0. The summed E-state index contributed by atoms with van der Waals surface area (Å²) in [6, 6.07) is 8.16. The summed E-state index contributed by atoms with van der Waals surface area (Å²) in [5.74, 6) is 1.47. The summed E-state index contributed by atoms with van der Waals surface area (Å²) in [6.07, 6.45) is 5.49. The van der Waals surface area contributed by atoms with Gasteiger partial charge in [0.15, 0.2) is 0 Å². The summed E-state index contributed by atoms with van der Waals surface area (Å²) in [6.45, 7) is 1.07. The van der Waals surface area contributed by atoms with E-state index in [4.69, 9.17) is 0 Å². The number of benzene rings is 1. The molecule has 18 heavy (non-hydrogen) atoms. The van der Waals surface area contributed by atoms with Gasteiger partial charge in [-0.05, 0) is 36.1 Å². The average molecular weight is 243 g/mol. The van der Waals surface area contributed by atoms with Crippen LogP contribution >= 0.6 is 0 Å². The van der Waals surface area contributed by atoms with Gasteiger partial charge in [-0.2, -0.15) is 5.21 Å². The van der Waals surface area contributed by atoms with Gasteiger partial charge in [0.2, 0.25) is 5.82 Å². The van der Waals surface area contributed by atoms with Crippen LogP contribution in [0, 0.1) is 5.92 Å². The Bertz CT molecular complexity index is 488. The number of nitrogens with one attached hydrogen (secondary N) is 2. The zero-order chi connectivity index (χ0) is 12.2. The highest BCUT2D eigenvalue weighted by Crippen LogP contribution is 2.25. The molecule has 5 nitrogen and oxygen atoms in total. The van der Waals surface area contributed by atoms with E-state index in [2.05, 4.69) is 38.1 Å². The molecule has 0 unspecified atom stereocenters. The molecule has 1 heterocycles. The highest BCUT2D eigenvalue weighted by molar-refractivity contribution is 5.61. The van der Waals surface area contributed by atoms with Gasteiger partial charge in [-0.15, -0.1) is 10.2 Å². The van der Waals surface area contributed by atoms with E-state index >= 15 is 0 Å². The Morgan fingerprint density at radius 2 is 2.17 bits per heavy atom. The Kier molecular flexibility index (Phi) is 3.21. The highest BCUT2D eigenvalue weighted by atomic mass is 15.5. The van der Waals surface area contributed by atoms with Gasteiger partial charge >= 0.3 is 0 Å². The van der Waals surface area contributed by atoms with Crippen LogP contribution < -0.4 is 5.32 Å². The van der Waals surface area contributed by atoms with Crippen LogP contribution in [-0.2, 0) is 0 Å². The van der Waals surface area contributed by atoms with Crippen molar-refractivity contribution in [2.45, 2.75) is 25.7 Å². The normalized spacial score (nSPS) is 16.0. The third kappa shape index (κ3) is 2.50. The van der Waals surface area contributed by atoms with Crippen LogP contribution in [0.15, 0.2) is 24.3 Å². The van der Waals surface area contributed by atoms with E-state index in [1.165, 1.54) is 25.7 Å². The van der Waals surface area contributed by atoms with Gasteiger partial charge in [0.05, 0.1) is 0 Å². The Labute approximate surface area is 106 Å². The molecule has 0 radical (unpaired) electrons. The number of hydrogen-bond acceptors (Lipinski definition) is 4. The molecule has 94 valence electrons. The lowest BCUT2D eigenvalue weighted by atomic mass is 10.1. The number of H-pyrrole nitrogens is 1. The lowest BCUT2D eigenvalue weighted by Gasteiger charge is -2.12. The molecule has 0 amide bonds. The van der Waals surface area contributed by atoms with Crippen molar-refractivity contribution >= 4 is 5.69 Å². The van der Waals surface area contributed by atoms with E-state index in [0.29, 0.717) is 5.82 Å². The van der Waals surface area contributed by atoms with Crippen molar-refractivity contribution in [2.75, 3.05) is 11.9 Å². The Morgan fingerprint density at radius 1 is 1.28 bits per heavy atom. The molecule has 0 atom stereocenters. The fraction of sp³-hybridized carbons (Fsp3) is 0.462. The van der Waals surface area contributed by atoms with Crippen LogP contribution in [0.1, 0.15) is 25.7 Å². The first-order valence-corrected chi connectivity index (χ1v) is 6.49. The number of hydrogen-bond donors (Lipinski definition) is 2. The maximum atomic E-state index is 3.99. The molecule has 0 saturated heterocycles. The number of aromatic amines is 1. The van der Waals surface area contributed by atoms with Gasteiger partial charge in [-0.25, -0.2) is 0 Å². The molecule has 3 rings (SSSR count). The fourth-order valence-corrected chi connectivity index (χ4v) is 2.53. The van der Waals surface area contributed by atoms with Crippen molar-refractivity contribution in [2.24, 2.45) is 5.92 Å². The number of tetrazole rings is 1. The highest BCUT2D eigenvalue weighted by Gasteiger charge is 2.14. The number of rotatable bonds is 4. The summed E-state index contributed by atoms with van der Waals surface area (Å²) < 4.78 is 0. The molecule has 5 heteroatoms. The Morgan fingerprint density at radius 3 is 2.94 bits per heavy atom. The molecule has 1 saturated carbocycles. The molecular formula is C13H17N5. The largest absolute Gasteiger partial charge is 0.385 e. The first-order valence-electron chi connectivity index (χ1n) is 6.49. The van der Waals surface area contributed by atoms with Crippen molar-refractivity contribution in [3.8, 4) is 11.4 Å². The summed E-state index contributed by atoms with van der Waals surface area (Å²) in [5.41, 5.74) is 2.12. The van der Waals surface area contributed by atoms with Crippen molar-refractivity contribution in [3.63, 3.8) is 0 Å². The predicted octanol–water partition coefficient (Wildman–Crippen LogP) is 2.47. The van der Waals surface area contributed by atoms with Gasteiger partial charge in [-0.3, -0.25) is 0 Å². The second-order valence-electron chi connectivity index (χ2n) is 4.85. The molecule has 0 bridgehead atoms. The molecule has 2 aromatic rings. The zero-order valence-corrected chi connectivity index (χ0v) is 10.3. The minimum absolute atomic E-state index is 0.638. The van der Waals surface area contributed by atoms with Crippen LogP contribution in [0.3, 0.4) is 0 Å². The van der Waals surface area contributed by atoms with Gasteiger partial charge < -0.3 is 5.32 Å². The van der Waals surface area contributed by atoms with E-state index < -0.39 is 0 Å². The van der Waals surface area contributed by atoms with Gasteiger partial charge in [0, 0.05) is 17.8 Å². The number of aromatic nitrogens is 4. The number of anilines is 1. The first kappa shape index (κ1) is 11.2. The van der Waals surface area contributed by atoms with Gasteiger partial charge in [0.1, 0.15) is 0 Å². The van der Waals surface area contributed by atoms with Crippen LogP contribution in [0.25, 0.3) is 11.4 Å². The predicted molar refractivity (Wildman–Crippen MR) is 70.1 cm³/mol. The second-order valence-corrected chi connectivity index (χ2v) is 4.85. The van der Waals surface area contributed by atoms with E-state index in [-0.39, 0.29) is 0 Å². The van der Waals surface area contributed by atoms with Crippen LogP contribution in [-0.4, -0.2) is 27.2 Å². The Hall–Kier alpha value is -1.91. The summed E-state index contributed by atoms with van der Waals surface area (Å²) in [5, 5.41) is 17.5. The number of nitrogens with zero attached hydrogens (tertiary/aromatic N) is 3. The molecule has 1 aromatic heterocycles. The fourth-order valence-electron chi connectivity index (χ4n) is 2.53. The molecule has 1 aromatic carbocycles. The van der Waals surface area contributed by atoms with Crippen molar-refractivity contribution in [3.05, 3.63) is 24.3 Å². The van der Waals surface area contributed by atoms with E-state index in [9.17, 15) is 0 Å². The molecule has 0 aliphatic heterocycles. The van der Waals surface area contributed by atoms with Crippen LogP contribution in [0.5, 0.6) is 0 Å². The smallest absolute Gasteiger partial charge is 0.204 e. The van der Waals surface area contributed by atoms with Gasteiger partial charge in [-0.1, -0.05) is 25.0 Å². The standard InChI is InChI=1S/C13H17N5/c1-2-5-10(4-1)9-14-12-7-3-6-11(8-12)13-15-17-18-16-13/h3,6-8,10,14H,1-2,4-5,9H2,(H,15,16,17,18). The SMILES string of the molecule is c1cc(NCC2CCCC2)cc(-c2nn[nH]n2)c1. The van der Waals surface area contributed by atoms with Crippen molar-refractivity contribution in [1.29, 1.82) is 0 Å². The van der Waals surface area contributed by atoms with Crippen LogP contribution in [0.2, 0.25) is 0 Å². The maximum absolute atomic E-state index is 3.99. The summed E-state index contributed by atoms with van der Waals surface area (Å²) in [4.78, 5) is 0. The first-order chi connectivity index (χ1) is 8.92. The van der Waals surface area contributed by atoms with Crippen molar-refractivity contribution < 1.29 is 0 Å². The average Bonchev–Trinajstić information content (AvgIpc) is 3.10. The van der Waals surface area contributed by atoms with E-state index in [1.807, 2.05) is 12.1 Å². The topological polar surface area (TPSA) is 66.5 Å². The third-order valence-corrected chi connectivity index (χ3v) is 3.54. The third-order valence-electron chi connectivity index (χ3n) is 3.54. The molecule has 0 spiro atoms. The summed E-state index contributed by atoms with van der Waals surface area (Å²) >= 11 is 0. The second kappa shape index (κ2) is 5.16. The lowest BCUT2D eigenvalue weighted by molar-refractivity contribution is 0.580. The molecule has 2 N–H and O–H groups in total. The zero-order valence-electron chi connectivity index (χ0n) is 10.3. The molecule has 1 fully saturated rings.